The number of hydrogen-bond acceptors (Lipinski definition) is 3. The fourth-order valence-electron chi connectivity index (χ4n) is 2.02. The monoisotopic (exact) mass is 267 g/mol. The molecular weight excluding hydrogens is 256 g/mol. The normalized spacial score (nSPS) is 14.7. The van der Waals surface area contributed by atoms with Gasteiger partial charge in [-0.2, -0.15) is 8.78 Å². The molecule has 0 bridgehead atoms. The Morgan fingerprint density at radius 2 is 2.21 bits per heavy atom. The first-order chi connectivity index (χ1) is 9.09. The summed E-state index contributed by atoms with van der Waals surface area (Å²) in [7, 11) is 0. The van der Waals surface area contributed by atoms with Crippen molar-refractivity contribution >= 4 is 17.3 Å². The zero-order valence-corrected chi connectivity index (χ0v) is 9.94. The molecule has 0 aliphatic carbocycles. The van der Waals surface area contributed by atoms with Crippen LogP contribution in [0.5, 0.6) is 0 Å². The van der Waals surface area contributed by atoms with Crippen molar-refractivity contribution in [2.45, 2.75) is 6.42 Å². The van der Waals surface area contributed by atoms with Crippen molar-refractivity contribution in [1.29, 1.82) is 0 Å². The average Bonchev–Trinajstić information content (AvgIpc) is 2.39. The van der Waals surface area contributed by atoms with Gasteiger partial charge in [0.05, 0.1) is 23.7 Å². The highest BCUT2D eigenvalue weighted by Crippen LogP contribution is 2.32. The summed E-state index contributed by atoms with van der Waals surface area (Å²) >= 11 is 0. The maximum atomic E-state index is 12.5. The van der Waals surface area contributed by atoms with E-state index in [0.29, 0.717) is 31.3 Å². The van der Waals surface area contributed by atoms with Gasteiger partial charge in [-0.3, -0.25) is 10.1 Å². The van der Waals surface area contributed by atoms with Crippen LogP contribution in [0.25, 0.3) is 11.6 Å². The van der Waals surface area contributed by atoms with Gasteiger partial charge in [0.1, 0.15) is 0 Å². The van der Waals surface area contributed by atoms with Crippen LogP contribution in [0, 0.1) is 10.1 Å². The van der Waals surface area contributed by atoms with Gasteiger partial charge in [0.15, 0.2) is 0 Å². The fourth-order valence-corrected chi connectivity index (χ4v) is 2.02. The van der Waals surface area contributed by atoms with Crippen LogP contribution in [0.1, 0.15) is 17.5 Å². The second-order valence-corrected chi connectivity index (χ2v) is 3.98. The lowest BCUT2D eigenvalue weighted by Crippen LogP contribution is -2.05. The van der Waals surface area contributed by atoms with E-state index in [-0.39, 0.29) is 11.3 Å². The summed E-state index contributed by atoms with van der Waals surface area (Å²) in [6.45, 7) is 0.870. The van der Waals surface area contributed by atoms with Crippen LogP contribution in [-0.4, -0.2) is 18.1 Å². The smallest absolute Gasteiger partial charge is 0.277 e. The maximum absolute atomic E-state index is 12.5. The van der Waals surface area contributed by atoms with E-state index in [1.54, 1.807) is 12.1 Å². The Bertz CT molecular complexity index is 563. The zero-order valence-electron chi connectivity index (χ0n) is 9.94. The Kier molecular flexibility index (Phi) is 4.01. The van der Waals surface area contributed by atoms with Gasteiger partial charge < -0.3 is 4.74 Å². The zero-order chi connectivity index (χ0) is 13.8. The number of rotatable bonds is 3. The summed E-state index contributed by atoms with van der Waals surface area (Å²) in [5.41, 5.74) is 0.881. The number of nitrogens with zero attached hydrogens (tertiary/aromatic N) is 1. The van der Waals surface area contributed by atoms with Gasteiger partial charge in [0.2, 0.25) is 0 Å². The maximum Gasteiger partial charge on any atom is 0.277 e. The first kappa shape index (κ1) is 13.4. The van der Waals surface area contributed by atoms with E-state index < -0.39 is 11.0 Å². The van der Waals surface area contributed by atoms with Crippen molar-refractivity contribution in [3.63, 3.8) is 0 Å². The van der Waals surface area contributed by atoms with Gasteiger partial charge in [0, 0.05) is 12.1 Å². The van der Waals surface area contributed by atoms with E-state index in [9.17, 15) is 18.9 Å². The molecule has 1 aliphatic heterocycles. The van der Waals surface area contributed by atoms with E-state index >= 15 is 0 Å². The largest absolute Gasteiger partial charge is 0.377 e. The molecule has 100 valence electrons. The van der Waals surface area contributed by atoms with E-state index in [1.165, 1.54) is 12.1 Å². The van der Waals surface area contributed by atoms with Gasteiger partial charge in [-0.1, -0.05) is 18.2 Å². The summed E-state index contributed by atoms with van der Waals surface area (Å²) in [6, 6.07) is 4.33. The lowest BCUT2D eigenvalue weighted by Gasteiger charge is -2.15. The summed E-state index contributed by atoms with van der Waals surface area (Å²) < 4.78 is 30.2. The Hall–Kier alpha value is -2.08. The molecule has 0 aromatic heterocycles. The lowest BCUT2D eigenvalue weighted by molar-refractivity contribution is -0.385. The molecule has 6 heteroatoms. The second-order valence-electron chi connectivity index (χ2n) is 3.98. The molecular formula is C13H11F2NO3. The molecule has 0 unspecified atom stereocenters. The predicted octanol–water partition coefficient (Wildman–Crippen LogP) is 3.64. The van der Waals surface area contributed by atoms with Crippen molar-refractivity contribution in [2.24, 2.45) is 0 Å². The van der Waals surface area contributed by atoms with Crippen molar-refractivity contribution in [2.75, 3.05) is 13.2 Å². The molecule has 0 radical (unpaired) electrons. The number of ether oxygens (including phenoxy) is 1. The minimum atomic E-state index is -1.96. The lowest BCUT2D eigenvalue weighted by atomic mass is 9.95. The molecule has 4 nitrogen and oxygen atoms in total. The molecule has 0 N–H and O–H groups in total. The molecule has 19 heavy (non-hydrogen) atoms. The van der Waals surface area contributed by atoms with Gasteiger partial charge >= 0.3 is 0 Å². The fraction of sp³-hybridized carbons (Fsp3) is 0.231. The van der Waals surface area contributed by atoms with Crippen LogP contribution in [0.3, 0.4) is 0 Å². The number of nitro groups is 1. The number of nitro benzene ring substituents is 1. The highest BCUT2D eigenvalue weighted by Gasteiger charge is 2.19. The third kappa shape index (κ3) is 3.03. The SMILES string of the molecule is O=[N+]([O-])c1cccc(C2=CCOCC2)c1C=C(F)F. The summed E-state index contributed by atoms with van der Waals surface area (Å²) in [5.74, 6) is 0. The van der Waals surface area contributed by atoms with Gasteiger partial charge in [0.25, 0.3) is 11.8 Å². The van der Waals surface area contributed by atoms with Crippen molar-refractivity contribution in [3.8, 4) is 0 Å². The van der Waals surface area contributed by atoms with Gasteiger partial charge in [-0.25, -0.2) is 0 Å². The quantitative estimate of drug-likeness (QED) is 0.620. The first-order valence-corrected chi connectivity index (χ1v) is 5.67. The minimum Gasteiger partial charge on any atom is -0.377 e. The standard InChI is InChI=1S/C13H11F2NO3/c14-13(15)8-11-10(9-4-6-19-7-5-9)2-1-3-12(11)16(17)18/h1-4,8H,5-7H2. The molecule has 0 saturated heterocycles. The molecule has 2 rings (SSSR count). The third-order valence-corrected chi connectivity index (χ3v) is 2.84. The Balaban J connectivity index is 2.59. The molecule has 0 spiro atoms. The summed E-state index contributed by atoms with van der Waals surface area (Å²) in [5, 5.41) is 10.9. The average molecular weight is 267 g/mol. The molecule has 0 fully saturated rings. The van der Waals surface area contributed by atoms with Gasteiger partial charge in [-0.15, -0.1) is 0 Å². The summed E-state index contributed by atoms with van der Waals surface area (Å²) in [4.78, 5) is 10.3. The molecule has 0 saturated carbocycles. The Morgan fingerprint density at radius 3 is 2.79 bits per heavy atom. The van der Waals surface area contributed by atoms with Crippen molar-refractivity contribution in [1.82, 2.24) is 0 Å². The number of hydrogen-bond donors (Lipinski definition) is 0. The van der Waals surface area contributed by atoms with Crippen LogP contribution in [0.4, 0.5) is 14.5 Å². The number of halogens is 2. The molecule has 1 aromatic carbocycles. The number of benzene rings is 1. The topological polar surface area (TPSA) is 52.4 Å². The molecule has 0 atom stereocenters. The summed E-state index contributed by atoms with van der Waals surface area (Å²) in [6.07, 6.45) is 0.902. The van der Waals surface area contributed by atoms with Crippen LogP contribution in [0.2, 0.25) is 0 Å². The van der Waals surface area contributed by atoms with Crippen LogP contribution in [-0.2, 0) is 4.74 Å². The highest BCUT2D eigenvalue weighted by molar-refractivity contribution is 5.79. The van der Waals surface area contributed by atoms with E-state index in [4.69, 9.17) is 4.74 Å². The van der Waals surface area contributed by atoms with E-state index in [2.05, 4.69) is 0 Å². The molecule has 0 amide bonds. The van der Waals surface area contributed by atoms with Crippen LogP contribution >= 0.6 is 0 Å². The second kappa shape index (κ2) is 5.71. The predicted molar refractivity (Wildman–Crippen MR) is 66.7 cm³/mol. The van der Waals surface area contributed by atoms with Crippen LogP contribution in [0.15, 0.2) is 30.4 Å². The van der Waals surface area contributed by atoms with E-state index in [1.807, 2.05) is 0 Å². The van der Waals surface area contributed by atoms with E-state index in [0.717, 1.165) is 5.57 Å². The molecule has 1 heterocycles. The van der Waals surface area contributed by atoms with Crippen molar-refractivity contribution < 1.29 is 18.4 Å². The minimum absolute atomic E-state index is 0.0550. The Labute approximate surface area is 108 Å². The Morgan fingerprint density at radius 1 is 1.42 bits per heavy atom. The molecule has 1 aliphatic rings. The van der Waals surface area contributed by atoms with Crippen LogP contribution < -0.4 is 0 Å². The third-order valence-electron chi connectivity index (χ3n) is 2.84. The van der Waals surface area contributed by atoms with Gasteiger partial charge in [-0.05, 0) is 17.6 Å². The highest BCUT2D eigenvalue weighted by atomic mass is 19.3. The first-order valence-electron chi connectivity index (χ1n) is 5.67. The van der Waals surface area contributed by atoms with Crippen molar-refractivity contribution in [3.05, 3.63) is 51.6 Å². The molecule has 1 aromatic rings.